The highest BCUT2D eigenvalue weighted by Gasteiger charge is 2.32. The molecule has 0 radical (unpaired) electrons. The van der Waals surface area contributed by atoms with E-state index in [9.17, 15) is 9.59 Å². The second-order valence-corrected chi connectivity index (χ2v) is 8.94. The minimum Gasteiger partial charge on any atom is -0.383 e. The Morgan fingerprint density at radius 2 is 1.88 bits per heavy atom. The molecule has 8 heteroatoms. The quantitative estimate of drug-likeness (QED) is 0.655. The third-order valence-corrected chi connectivity index (χ3v) is 6.24. The van der Waals surface area contributed by atoms with E-state index < -0.39 is 0 Å². The largest absolute Gasteiger partial charge is 0.383 e. The van der Waals surface area contributed by atoms with Crippen molar-refractivity contribution in [1.29, 1.82) is 0 Å². The van der Waals surface area contributed by atoms with E-state index in [1.54, 1.807) is 16.8 Å². The van der Waals surface area contributed by atoms with Gasteiger partial charge in [-0.25, -0.2) is 9.97 Å². The Labute approximate surface area is 195 Å². The van der Waals surface area contributed by atoms with Gasteiger partial charge in [0.25, 0.3) is 11.8 Å². The monoisotopic (exact) mass is 448 g/mol. The van der Waals surface area contributed by atoms with Crippen LogP contribution in [0.15, 0.2) is 36.4 Å². The molecule has 2 aromatic rings. The van der Waals surface area contributed by atoms with Crippen LogP contribution in [0.25, 0.3) is 0 Å². The van der Waals surface area contributed by atoms with Crippen molar-refractivity contribution >= 4 is 23.5 Å². The standard InChI is InChI=1S/C25H32N6O2/c1-4-10-29(3)25(33)22-27-21(26)20-13-17(2)24(32)31(23(20)28-22)16-19-9-7-8-18(14-19)15-30-11-5-6-12-30/h7-9,14H,2,4-6,10-13,15-16H2,1,3H3,(H2,26,27,28). The van der Waals surface area contributed by atoms with Gasteiger partial charge >= 0.3 is 0 Å². The fourth-order valence-electron chi connectivity index (χ4n) is 4.52. The summed E-state index contributed by atoms with van der Waals surface area (Å²) in [7, 11) is 1.71. The molecule has 1 aromatic carbocycles. The molecule has 1 fully saturated rings. The summed E-state index contributed by atoms with van der Waals surface area (Å²) in [6, 6.07) is 8.28. The van der Waals surface area contributed by atoms with Crippen LogP contribution >= 0.6 is 0 Å². The number of carbonyl (C=O) groups is 2. The first-order valence-corrected chi connectivity index (χ1v) is 11.6. The first-order chi connectivity index (χ1) is 15.9. The molecule has 1 aromatic heterocycles. The summed E-state index contributed by atoms with van der Waals surface area (Å²) in [6.07, 6.45) is 3.60. The summed E-state index contributed by atoms with van der Waals surface area (Å²) in [5.41, 5.74) is 9.52. The number of benzene rings is 1. The lowest BCUT2D eigenvalue weighted by atomic mass is 10.00. The van der Waals surface area contributed by atoms with Gasteiger partial charge in [-0.1, -0.05) is 37.8 Å². The minimum atomic E-state index is -0.309. The number of nitrogens with zero attached hydrogens (tertiary/aromatic N) is 5. The zero-order chi connectivity index (χ0) is 23.5. The number of nitrogens with two attached hydrogens (primary N) is 1. The molecule has 0 unspecified atom stereocenters. The van der Waals surface area contributed by atoms with Crippen LogP contribution in [-0.2, 0) is 24.3 Å². The second kappa shape index (κ2) is 9.70. The third-order valence-electron chi connectivity index (χ3n) is 6.24. The number of hydrogen-bond donors (Lipinski definition) is 1. The zero-order valence-corrected chi connectivity index (χ0v) is 19.5. The van der Waals surface area contributed by atoms with E-state index in [0.29, 0.717) is 30.0 Å². The van der Waals surface area contributed by atoms with Crippen LogP contribution in [0.2, 0.25) is 0 Å². The number of carbonyl (C=O) groups excluding carboxylic acids is 2. The Hall–Kier alpha value is -3.26. The van der Waals surface area contributed by atoms with Crippen molar-refractivity contribution in [2.75, 3.05) is 37.3 Å². The molecule has 0 atom stereocenters. The molecule has 0 saturated carbocycles. The summed E-state index contributed by atoms with van der Waals surface area (Å²) >= 11 is 0. The zero-order valence-electron chi connectivity index (χ0n) is 19.5. The normalized spacial score (nSPS) is 16.2. The average molecular weight is 449 g/mol. The number of likely N-dealkylation sites (tertiary alicyclic amines) is 1. The van der Waals surface area contributed by atoms with E-state index in [4.69, 9.17) is 5.73 Å². The topological polar surface area (TPSA) is 95.7 Å². The first kappa shape index (κ1) is 22.9. The van der Waals surface area contributed by atoms with Gasteiger partial charge in [-0.3, -0.25) is 19.4 Å². The van der Waals surface area contributed by atoms with Crippen molar-refractivity contribution in [3.63, 3.8) is 0 Å². The van der Waals surface area contributed by atoms with Gasteiger partial charge in [0.15, 0.2) is 0 Å². The van der Waals surface area contributed by atoms with E-state index in [-0.39, 0.29) is 29.9 Å². The molecule has 1 saturated heterocycles. The molecule has 8 nitrogen and oxygen atoms in total. The highest BCUT2D eigenvalue weighted by atomic mass is 16.2. The molecule has 2 amide bonds. The molecular weight excluding hydrogens is 416 g/mol. The summed E-state index contributed by atoms with van der Waals surface area (Å²) < 4.78 is 0. The van der Waals surface area contributed by atoms with Crippen LogP contribution in [-0.4, -0.2) is 58.3 Å². The van der Waals surface area contributed by atoms with Crippen LogP contribution in [0.3, 0.4) is 0 Å². The maximum Gasteiger partial charge on any atom is 0.291 e. The third kappa shape index (κ3) is 4.90. The van der Waals surface area contributed by atoms with Crippen molar-refractivity contribution in [1.82, 2.24) is 19.8 Å². The molecule has 33 heavy (non-hydrogen) atoms. The molecule has 0 bridgehead atoms. The van der Waals surface area contributed by atoms with E-state index in [0.717, 1.165) is 31.6 Å². The van der Waals surface area contributed by atoms with Gasteiger partial charge in [0.05, 0.1) is 6.54 Å². The molecular formula is C25H32N6O2. The van der Waals surface area contributed by atoms with Crippen molar-refractivity contribution in [3.05, 3.63) is 58.9 Å². The number of hydrogen-bond acceptors (Lipinski definition) is 6. The maximum atomic E-state index is 13.1. The summed E-state index contributed by atoms with van der Waals surface area (Å²) in [5, 5.41) is 0. The van der Waals surface area contributed by atoms with Crippen molar-refractivity contribution in [3.8, 4) is 0 Å². The van der Waals surface area contributed by atoms with Crippen LogP contribution in [0.5, 0.6) is 0 Å². The smallest absolute Gasteiger partial charge is 0.291 e. The fourth-order valence-corrected chi connectivity index (χ4v) is 4.52. The summed E-state index contributed by atoms with van der Waals surface area (Å²) in [5.74, 6) is 0.115. The van der Waals surface area contributed by atoms with Gasteiger partial charge in [-0.2, -0.15) is 0 Å². The van der Waals surface area contributed by atoms with Gasteiger partial charge < -0.3 is 10.6 Å². The number of amides is 2. The molecule has 174 valence electrons. The number of nitrogen functional groups attached to an aromatic ring is 1. The Morgan fingerprint density at radius 1 is 1.18 bits per heavy atom. The van der Waals surface area contributed by atoms with E-state index in [2.05, 4.69) is 33.6 Å². The lowest BCUT2D eigenvalue weighted by Gasteiger charge is -2.30. The molecule has 2 aliphatic heterocycles. The van der Waals surface area contributed by atoms with Gasteiger partial charge in [0.1, 0.15) is 11.6 Å². The fraction of sp³-hybridized carbons (Fsp3) is 0.440. The molecule has 2 aliphatic rings. The molecule has 2 N–H and O–H groups in total. The Kier molecular flexibility index (Phi) is 6.74. The van der Waals surface area contributed by atoms with Crippen molar-refractivity contribution < 1.29 is 9.59 Å². The highest BCUT2D eigenvalue weighted by Crippen LogP contribution is 2.33. The second-order valence-electron chi connectivity index (χ2n) is 8.94. The SMILES string of the molecule is C=C1Cc2c(N)nc(C(=O)N(C)CCC)nc2N(Cc2cccc(CN3CCCC3)c2)C1=O. The highest BCUT2D eigenvalue weighted by molar-refractivity contribution is 6.08. The molecule has 0 aliphatic carbocycles. The number of rotatable bonds is 7. The Bertz CT molecular complexity index is 1080. The lowest BCUT2D eigenvalue weighted by Crippen LogP contribution is -2.38. The molecule has 3 heterocycles. The van der Waals surface area contributed by atoms with Crippen molar-refractivity contribution in [2.24, 2.45) is 0 Å². The number of aromatic nitrogens is 2. The van der Waals surface area contributed by atoms with E-state index in [1.807, 2.05) is 19.1 Å². The van der Waals surface area contributed by atoms with Gasteiger partial charge in [0.2, 0.25) is 5.82 Å². The van der Waals surface area contributed by atoms with E-state index >= 15 is 0 Å². The predicted molar refractivity (Wildman–Crippen MR) is 129 cm³/mol. The predicted octanol–water partition coefficient (Wildman–Crippen LogP) is 2.78. The first-order valence-electron chi connectivity index (χ1n) is 11.6. The number of anilines is 2. The molecule has 4 rings (SSSR count). The minimum absolute atomic E-state index is 0.00953. The average Bonchev–Trinajstić information content (AvgIpc) is 3.30. The number of fused-ring (bicyclic) bond motifs is 1. The van der Waals surface area contributed by atoms with Crippen molar-refractivity contribution in [2.45, 2.75) is 45.7 Å². The van der Waals surface area contributed by atoms with Gasteiger partial charge in [-0.05, 0) is 43.5 Å². The summed E-state index contributed by atoms with van der Waals surface area (Å²) in [6.45, 7) is 10.0. The lowest BCUT2D eigenvalue weighted by molar-refractivity contribution is -0.115. The van der Waals surface area contributed by atoms with Crippen LogP contribution in [0, 0.1) is 0 Å². The van der Waals surface area contributed by atoms with Crippen LogP contribution < -0.4 is 10.6 Å². The van der Waals surface area contributed by atoms with Crippen LogP contribution in [0.1, 0.15) is 53.5 Å². The summed E-state index contributed by atoms with van der Waals surface area (Å²) in [4.78, 5) is 40.3. The molecule has 0 spiro atoms. The van der Waals surface area contributed by atoms with Crippen LogP contribution in [0.4, 0.5) is 11.6 Å². The van der Waals surface area contributed by atoms with E-state index in [1.165, 1.54) is 18.4 Å². The van der Waals surface area contributed by atoms with Gasteiger partial charge in [-0.15, -0.1) is 0 Å². The maximum absolute atomic E-state index is 13.1. The van der Waals surface area contributed by atoms with Gasteiger partial charge in [0, 0.05) is 37.7 Å². The Morgan fingerprint density at radius 3 is 2.58 bits per heavy atom. The Balaban J connectivity index is 1.64.